The van der Waals surface area contributed by atoms with Crippen LogP contribution in [0.15, 0.2) is 42.6 Å². The normalized spacial score (nSPS) is 9.52. The van der Waals surface area contributed by atoms with Crippen molar-refractivity contribution >= 4 is 5.91 Å². The van der Waals surface area contributed by atoms with Crippen LogP contribution in [-0.4, -0.2) is 37.8 Å². The third kappa shape index (κ3) is 6.43. The molecule has 130 valence electrons. The van der Waals surface area contributed by atoms with Gasteiger partial charge in [0.05, 0.1) is 19.9 Å². The second-order valence-electron chi connectivity index (χ2n) is 4.99. The molecular formula is C19H20N2O4. The number of rotatable bonds is 7. The van der Waals surface area contributed by atoms with Gasteiger partial charge in [0.1, 0.15) is 12.4 Å². The average Bonchev–Trinajstić information content (AvgIpc) is 2.64. The minimum Gasteiger partial charge on any atom is -0.493 e. The number of para-hydroxylation sites is 2. The van der Waals surface area contributed by atoms with Crippen molar-refractivity contribution in [1.82, 2.24) is 10.3 Å². The first-order valence-electron chi connectivity index (χ1n) is 7.72. The molecule has 0 aliphatic carbocycles. The summed E-state index contributed by atoms with van der Waals surface area (Å²) in [4.78, 5) is 15.8. The predicted molar refractivity (Wildman–Crippen MR) is 93.7 cm³/mol. The molecule has 1 heterocycles. The van der Waals surface area contributed by atoms with Gasteiger partial charge in [0.2, 0.25) is 0 Å². The molecule has 1 aromatic carbocycles. The van der Waals surface area contributed by atoms with E-state index in [1.807, 2.05) is 31.2 Å². The Morgan fingerprint density at radius 3 is 2.64 bits per heavy atom. The van der Waals surface area contributed by atoms with Gasteiger partial charge in [-0.05, 0) is 31.2 Å². The molecule has 1 N–H and O–H groups in total. The molecule has 0 aliphatic rings. The Hall–Kier alpha value is -3.20. The first kappa shape index (κ1) is 18.1. The molecule has 6 nitrogen and oxygen atoms in total. The number of carbonyl (C=O) groups is 1. The van der Waals surface area contributed by atoms with Crippen molar-refractivity contribution in [1.29, 1.82) is 0 Å². The molecule has 1 aromatic heterocycles. The summed E-state index contributed by atoms with van der Waals surface area (Å²) in [5.41, 5.74) is 0.927. The summed E-state index contributed by atoms with van der Waals surface area (Å²) in [7, 11) is 1.55. The van der Waals surface area contributed by atoms with Crippen LogP contribution < -0.4 is 19.5 Å². The summed E-state index contributed by atoms with van der Waals surface area (Å²) < 4.78 is 16.0. The zero-order chi connectivity index (χ0) is 17.9. The number of pyridine rings is 1. The van der Waals surface area contributed by atoms with E-state index in [-0.39, 0.29) is 25.7 Å². The van der Waals surface area contributed by atoms with Crippen LogP contribution in [-0.2, 0) is 4.79 Å². The standard InChI is InChI=1S/C19H20N2O4/c1-15-9-10-16(13-21-15)24-12-6-5-11-20-19(22)14-25-18-8-4-3-7-17(18)23-2/h3-4,7-10,13H,11-12,14H2,1-2H3,(H,20,22). The average molecular weight is 340 g/mol. The maximum atomic E-state index is 11.7. The Bertz CT molecular complexity index is 748. The van der Waals surface area contributed by atoms with Crippen molar-refractivity contribution in [3.63, 3.8) is 0 Å². The molecule has 0 radical (unpaired) electrons. The molecule has 0 unspecified atom stereocenters. The van der Waals surface area contributed by atoms with Crippen molar-refractivity contribution in [2.24, 2.45) is 0 Å². The number of carbonyl (C=O) groups excluding carboxylic acids is 1. The van der Waals surface area contributed by atoms with Crippen LogP contribution in [0.25, 0.3) is 0 Å². The zero-order valence-corrected chi connectivity index (χ0v) is 14.2. The second-order valence-corrected chi connectivity index (χ2v) is 4.99. The molecule has 2 rings (SSSR count). The van der Waals surface area contributed by atoms with E-state index >= 15 is 0 Å². The molecule has 0 bridgehead atoms. The van der Waals surface area contributed by atoms with Crippen LogP contribution in [0.1, 0.15) is 5.69 Å². The quantitative estimate of drug-likeness (QED) is 0.781. The maximum absolute atomic E-state index is 11.7. The molecule has 0 atom stereocenters. The Balaban J connectivity index is 1.64. The van der Waals surface area contributed by atoms with Crippen molar-refractivity contribution in [3.8, 4) is 29.1 Å². The highest BCUT2D eigenvalue weighted by molar-refractivity contribution is 5.77. The summed E-state index contributed by atoms with van der Waals surface area (Å²) in [5.74, 6) is 7.13. The molecule has 25 heavy (non-hydrogen) atoms. The van der Waals surface area contributed by atoms with Gasteiger partial charge in [-0.1, -0.05) is 24.0 Å². The predicted octanol–water partition coefficient (Wildman–Crippen LogP) is 1.98. The lowest BCUT2D eigenvalue weighted by atomic mass is 10.3. The number of aryl methyl sites for hydroxylation is 1. The smallest absolute Gasteiger partial charge is 0.258 e. The number of hydrogen-bond acceptors (Lipinski definition) is 5. The lowest BCUT2D eigenvalue weighted by Gasteiger charge is -2.09. The van der Waals surface area contributed by atoms with Gasteiger partial charge in [0.15, 0.2) is 18.1 Å². The van der Waals surface area contributed by atoms with Crippen molar-refractivity contribution < 1.29 is 19.0 Å². The minimum atomic E-state index is -0.260. The third-order valence-corrected chi connectivity index (χ3v) is 3.12. The van der Waals surface area contributed by atoms with Crippen LogP contribution in [0.2, 0.25) is 0 Å². The molecule has 1 amide bonds. The minimum absolute atomic E-state index is 0.104. The van der Waals surface area contributed by atoms with E-state index in [1.165, 1.54) is 0 Å². The van der Waals surface area contributed by atoms with E-state index in [9.17, 15) is 4.79 Å². The Morgan fingerprint density at radius 1 is 1.12 bits per heavy atom. The van der Waals surface area contributed by atoms with Gasteiger partial charge in [-0.3, -0.25) is 9.78 Å². The number of amides is 1. The van der Waals surface area contributed by atoms with Crippen LogP contribution in [0.4, 0.5) is 0 Å². The van der Waals surface area contributed by atoms with E-state index < -0.39 is 0 Å². The van der Waals surface area contributed by atoms with E-state index in [1.54, 1.807) is 25.4 Å². The van der Waals surface area contributed by atoms with E-state index in [0.29, 0.717) is 17.2 Å². The van der Waals surface area contributed by atoms with Crippen LogP contribution in [0.5, 0.6) is 17.2 Å². The van der Waals surface area contributed by atoms with E-state index in [0.717, 1.165) is 5.69 Å². The molecule has 0 saturated carbocycles. The zero-order valence-electron chi connectivity index (χ0n) is 14.2. The fourth-order valence-electron chi connectivity index (χ4n) is 1.85. The van der Waals surface area contributed by atoms with Crippen LogP contribution in [0.3, 0.4) is 0 Å². The second kappa shape index (κ2) is 9.83. The summed E-state index contributed by atoms with van der Waals surface area (Å²) in [6, 6.07) is 10.8. The molecular weight excluding hydrogens is 320 g/mol. The summed E-state index contributed by atoms with van der Waals surface area (Å²) in [5, 5.41) is 2.65. The highest BCUT2D eigenvalue weighted by Crippen LogP contribution is 2.25. The first-order chi connectivity index (χ1) is 12.2. The van der Waals surface area contributed by atoms with Crippen molar-refractivity contribution in [2.75, 3.05) is 26.9 Å². The monoisotopic (exact) mass is 340 g/mol. The number of ether oxygens (including phenoxy) is 3. The number of methoxy groups -OCH3 is 1. The van der Waals surface area contributed by atoms with Gasteiger partial charge in [0, 0.05) is 5.69 Å². The molecule has 0 aliphatic heterocycles. The largest absolute Gasteiger partial charge is 0.493 e. The van der Waals surface area contributed by atoms with Crippen molar-refractivity contribution in [3.05, 3.63) is 48.3 Å². The van der Waals surface area contributed by atoms with Crippen LogP contribution in [0, 0.1) is 18.8 Å². The number of benzene rings is 1. The topological polar surface area (TPSA) is 69.7 Å². The lowest BCUT2D eigenvalue weighted by molar-refractivity contribution is -0.122. The van der Waals surface area contributed by atoms with Gasteiger partial charge < -0.3 is 19.5 Å². The SMILES string of the molecule is COc1ccccc1OCC(=O)NCC#CCOc1ccc(C)nc1. The molecule has 0 saturated heterocycles. The summed E-state index contributed by atoms with van der Waals surface area (Å²) >= 11 is 0. The molecule has 0 fully saturated rings. The summed E-state index contributed by atoms with van der Waals surface area (Å²) in [6.45, 7) is 2.26. The van der Waals surface area contributed by atoms with Gasteiger partial charge in [-0.25, -0.2) is 0 Å². The fourth-order valence-corrected chi connectivity index (χ4v) is 1.85. The van der Waals surface area contributed by atoms with Crippen LogP contribution >= 0.6 is 0 Å². The number of nitrogens with one attached hydrogen (secondary N) is 1. The number of aromatic nitrogens is 1. The highest BCUT2D eigenvalue weighted by Gasteiger charge is 2.05. The highest BCUT2D eigenvalue weighted by atomic mass is 16.5. The molecule has 6 heteroatoms. The molecule has 2 aromatic rings. The number of hydrogen-bond donors (Lipinski definition) is 1. The number of nitrogens with zero attached hydrogens (tertiary/aromatic N) is 1. The Labute approximate surface area is 147 Å². The summed E-state index contributed by atoms with van der Waals surface area (Å²) in [6.07, 6.45) is 1.65. The van der Waals surface area contributed by atoms with Crippen molar-refractivity contribution in [2.45, 2.75) is 6.92 Å². The van der Waals surface area contributed by atoms with Gasteiger partial charge in [0.25, 0.3) is 5.91 Å². The van der Waals surface area contributed by atoms with Gasteiger partial charge >= 0.3 is 0 Å². The van der Waals surface area contributed by atoms with E-state index in [4.69, 9.17) is 14.2 Å². The lowest BCUT2D eigenvalue weighted by Crippen LogP contribution is -2.29. The first-order valence-corrected chi connectivity index (χ1v) is 7.72. The third-order valence-electron chi connectivity index (χ3n) is 3.12. The van der Waals surface area contributed by atoms with E-state index in [2.05, 4.69) is 22.1 Å². The van der Waals surface area contributed by atoms with Gasteiger partial charge in [-0.2, -0.15) is 0 Å². The molecule has 0 spiro atoms. The Kier molecular flexibility index (Phi) is 7.13. The Morgan fingerprint density at radius 2 is 1.92 bits per heavy atom. The van der Waals surface area contributed by atoms with Gasteiger partial charge in [-0.15, -0.1) is 0 Å². The maximum Gasteiger partial charge on any atom is 0.258 e. The fraction of sp³-hybridized carbons (Fsp3) is 0.263.